The number of unbranched alkanes of at least 4 members (excludes halogenated alkanes) is 1. The van der Waals surface area contributed by atoms with Gasteiger partial charge in [-0.3, -0.25) is 4.79 Å². The second-order valence-electron chi connectivity index (χ2n) is 7.28. The van der Waals surface area contributed by atoms with Crippen molar-refractivity contribution in [3.8, 4) is 0 Å². The zero-order chi connectivity index (χ0) is 20.4. The van der Waals surface area contributed by atoms with Crippen LogP contribution >= 0.6 is 11.3 Å². The molecule has 0 spiro atoms. The zero-order valence-electron chi connectivity index (χ0n) is 15.7. The number of nitrogens with zero attached hydrogens (tertiary/aromatic N) is 2. The standard InChI is InChI=1S/C19H22F4N2OS/c1-5-6-9-25-11-15(18(2,3)4)27-17(25)24-16(26)13-10-12(19(21,22)23)7-8-14(13)20/h7-8,10-11H,5-6,9H2,1-4H3. The molecule has 0 atom stereocenters. The first-order valence-corrected chi connectivity index (χ1v) is 9.41. The van der Waals surface area contributed by atoms with Crippen molar-refractivity contribution >= 4 is 17.2 Å². The summed E-state index contributed by atoms with van der Waals surface area (Å²) in [5.41, 5.74) is -1.93. The van der Waals surface area contributed by atoms with E-state index in [1.165, 1.54) is 11.3 Å². The van der Waals surface area contributed by atoms with Crippen molar-refractivity contribution in [2.75, 3.05) is 0 Å². The molecule has 148 valence electrons. The maximum absolute atomic E-state index is 14.0. The number of carbonyl (C=O) groups is 1. The van der Waals surface area contributed by atoms with Crippen LogP contribution in [0.4, 0.5) is 17.6 Å². The Bertz CT molecular complexity index is 888. The molecule has 1 aromatic heterocycles. The number of hydrogen-bond donors (Lipinski definition) is 0. The zero-order valence-corrected chi connectivity index (χ0v) is 16.5. The number of alkyl halides is 3. The van der Waals surface area contributed by atoms with E-state index in [1.807, 2.05) is 33.9 Å². The summed E-state index contributed by atoms with van der Waals surface area (Å²) in [4.78, 5) is 17.7. The molecule has 0 unspecified atom stereocenters. The number of hydrogen-bond acceptors (Lipinski definition) is 2. The highest BCUT2D eigenvalue weighted by Gasteiger charge is 2.32. The third kappa shape index (κ3) is 5.28. The van der Waals surface area contributed by atoms with Gasteiger partial charge in [0.2, 0.25) is 0 Å². The number of thiazole rings is 1. The maximum Gasteiger partial charge on any atom is 0.416 e. The summed E-state index contributed by atoms with van der Waals surface area (Å²) >= 11 is 1.29. The fourth-order valence-corrected chi connectivity index (χ4v) is 3.39. The number of carbonyl (C=O) groups excluding carboxylic acids is 1. The van der Waals surface area contributed by atoms with Gasteiger partial charge in [0.25, 0.3) is 5.91 Å². The molecule has 0 fully saturated rings. The van der Waals surface area contributed by atoms with E-state index in [9.17, 15) is 22.4 Å². The van der Waals surface area contributed by atoms with Crippen molar-refractivity contribution in [1.82, 2.24) is 4.57 Å². The first-order chi connectivity index (χ1) is 12.4. The van der Waals surface area contributed by atoms with E-state index >= 15 is 0 Å². The first kappa shape index (κ1) is 21.3. The molecular weight excluding hydrogens is 380 g/mol. The van der Waals surface area contributed by atoms with Crippen LogP contribution in [0.2, 0.25) is 0 Å². The number of halogens is 4. The second-order valence-corrected chi connectivity index (χ2v) is 8.29. The molecule has 0 radical (unpaired) electrons. The Labute approximate surface area is 159 Å². The maximum atomic E-state index is 14.0. The van der Waals surface area contributed by atoms with Gasteiger partial charge in [0.1, 0.15) is 5.82 Å². The molecule has 2 aromatic rings. The molecule has 3 nitrogen and oxygen atoms in total. The molecule has 0 aliphatic heterocycles. The number of aromatic nitrogens is 1. The minimum Gasteiger partial charge on any atom is -0.323 e. The van der Waals surface area contributed by atoms with Gasteiger partial charge in [-0.2, -0.15) is 18.2 Å². The molecule has 0 N–H and O–H groups in total. The molecule has 27 heavy (non-hydrogen) atoms. The Morgan fingerprint density at radius 1 is 1.22 bits per heavy atom. The van der Waals surface area contributed by atoms with Crippen molar-refractivity contribution in [3.63, 3.8) is 0 Å². The van der Waals surface area contributed by atoms with Crippen LogP contribution in [-0.2, 0) is 18.1 Å². The van der Waals surface area contributed by atoms with Gasteiger partial charge in [-0.05, 0) is 30.0 Å². The average Bonchev–Trinajstić information content (AvgIpc) is 2.95. The molecule has 0 saturated carbocycles. The lowest BCUT2D eigenvalue weighted by molar-refractivity contribution is -0.137. The van der Waals surface area contributed by atoms with Gasteiger partial charge < -0.3 is 4.57 Å². The summed E-state index contributed by atoms with van der Waals surface area (Å²) in [6.07, 6.45) is -0.968. The van der Waals surface area contributed by atoms with Gasteiger partial charge in [0, 0.05) is 17.6 Å². The van der Waals surface area contributed by atoms with Crippen LogP contribution in [0, 0.1) is 5.82 Å². The molecule has 0 aliphatic rings. The topological polar surface area (TPSA) is 34.4 Å². The van der Waals surface area contributed by atoms with Crippen molar-refractivity contribution in [2.24, 2.45) is 4.99 Å². The quantitative estimate of drug-likeness (QED) is 0.618. The summed E-state index contributed by atoms with van der Waals surface area (Å²) in [7, 11) is 0. The fraction of sp³-hybridized carbons (Fsp3) is 0.474. The van der Waals surface area contributed by atoms with E-state index in [4.69, 9.17) is 0 Å². The normalized spacial score (nSPS) is 13.3. The summed E-state index contributed by atoms with van der Waals surface area (Å²) < 4.78 is 54.3. The highest BCUT2D eigenvalue weighted by molar-refractivity contribution is 7.09. The van der Waals surface area contributed by atoms with E-state index in [1.54, 1.807) is 4.57 Å². The number of rotatable bonds is 4. The molecule has 1 amide bonds. The van der Waals surface area contributed by atoms with Gasteiger partial charge in [-0.1, -0.05) is 34.1 Å². The third-order valence-electron chi connectivity index (χ3n) is 3.93. The fourth-order valence-electron chi connectivity index (χ4n) is 2.32. The molecule has 1 heterocycles. The van der Waals surface area contributed by atoms with Crippen LogP contribution in [0.25, 0.3) is 0 Å². The largest absolute Gasteiger partial charge is 0.416 e. The van der Waals surface area contributed by atoms with Gasteiger partial charge in [0.15, 0.2) is 4.80 Å². The van der Waals surface area contributed by atoms with E-state index < -0.39 is 29.0 Å². The van der Waals surface area contributed by atoms with Crippen LogP contribution in [0.15, 0.2) is 29.4 Å². The predicted molar refractivity (Wildman–Crippen MR) is 97.2 cm³/mol. The lowest BCUT2D eigenvalue weighted by Gasteiger charge is -2.14. The summed E-state index contributed by atoms with van der Waals surface area (Å²) in [6, 6.07) is 1.76. The van der Waals surface area contributed by atoms with Crippen LogP contribution in [0.3, 0.4) is 0 Å². The van der Waals surface area contributed by atoms with Crippen molar-refractivity contribution in [2.45, 2.75) is 58.7 Å². The minimum atomic E-state index is -4.66. The molecule has 0 aliphatic carbocycles. The summed E-state index contributed by atoms with van der Waals surface area (Å²) in [5, 5.41) is 0. The van der Waals surface area contributed by atoms with Gasteiger partial charge in [-0.15, -0.1) is 11.3 Å². The molecule has 0 saturated heterocycles. The number of aryl methyl sites for hydroxylation is 1. The van der Waals surface area contributed by atoms with Gasteiger partial charge in [0.05, 0.1) is 11.1 Å². The predicted octanol–water partition coefficient (Wildman–Crippen LogP) is 5.55. The van der Waals surface area contributed by atoms with Crippen LogP contribution in [0.5, 0.6) is 0 Å². The van der Waals surface area contributed by atoms with Crippen molar-refractivity contribution in [1.29, 1.82) is 0 Å². The third-order valence-corrected chi connectivity index (χ3v) is 5.38. The SMILES string of the molecule is CCCCn1cc(C(C)(C)C)sc1=NC(=O)c1cc(C(F)(F)F)ccc1F. The Balaban J connectivity index is 2.52. The highest BCUT2D eigenvalue weighted by Crippen LogP contribution is 2.30. The highest BCUT2D eigenvalue weighted by atomic mass is 32.1. The smallest absolute Gasteiger partial charge is 0.323 e. The van der Waals surface area contributed by atoms with Crippen LogP contribution in [0.1, 0.15) is 61.3 Å². The molecule has 1 aromatic carbocycles. The molecule has 0 bridgehead atoms. The molecular formula is C19H22F4N2OS. The minimum absolute atomic E-state index is 0.170. The Kier molecular flexibility index (Phi) is 6.29. The molecule has 8 heteroatoms. The molecule has 2 rings (SSSR count). The van der Waals surface area contributed by atoms with Gasteiger partial charge in [-0.25, -0.2) is 4.39 Å². The van der Waals surface area contributed by atoms with Gasteiger partial charge >= 0.3 is 6.18 Å². The van der Waals surface area contributed by atoms with E-state index in [0.717, 1.165) is 17.7 Å². The van der Waals surface area contributed by atoms with Crippen LogP contribution in [-0.4, -0.2) is 10.5 Å². The van der Waals surface area contributed by atoms with Crippen molar-refractivity contribution in [3.05, 3.63) is 51.0 Å². The van der Waals surface area contributed by atoms with E-state index in [-0.39, 0.29) is 5.41 Å². The average molecular weight is 402 g/mol. The van der Waals surface area contributed by atoms with Crippen LogP contribution < -0.4 is 4.80 Å². The van der Waals surface area contributed by atoms with E-state index in [0.29, 0.717) is 29.5 Å². The Morgan fingerprint density at radius 2 is 1.89 bits per heavy atom. The number of benzene rings is 1. The first-order valence-electron chi connectivity index (χ1n) is 8.60. The number of amides is 1. The Morgan fingerprint density at radius 3 is 2.44 bits per heavy atom. The van der Waals surface area contributed by atoms with E-state index in [2.05, 4.69) is 4.99 Å². The summed E-state index contributed by atoms with van der Waals surface area (Å²) in [6.45, 7) is 8.70. The lowest BCUT2D eigenvalue weighted by atomic mass is 9.95. The second kappa shape index (κ2) is 7.96. The Hall–Kier alpha value is -1.96. The monoisotopic (exact) mass is 402 g/mol. The summed E-state index contributed by atoms with van der Waals surface area (Å²) in [5.74, 6) is -2.05. The van der Waals surface area contributed by atoms with Crippen molar-refractivity contribution < 1.29 is 22.4 Å². The lowest BCUT2D eigenvalue weighted by Crippen LogP contribution is -2.17.